The van der Waals surface area contributed by atoms with E-state index in [4.69, 9.17) is 10.5 Å². The minimum atomic E-state index is -0.441. The molecule has 0 bridgehead atoms. The normalized spacial score (nSPS) is 14.4. The van der Waals surface area contributed by atoms with Crippen LogP contribution in [0.5, 0.6) is 0 Å². The third kappa shape index (κ3) is 2.81. The first-order chi connectivity index (χ1) is 8.72. The third-order valence-corrected chi connectivity index (χ3v) is 3.79. The van der Waals surface area contributed by atoms with E-state index in [0.29, 0.717) is 10.6 Å². The van der Waals surface area contributed by atoms with Gasteiger partial charge in [-0.25, -0.2) is 4.79 Å². The molecule has 3 N–H and O–H groups in total. The first kappa shape index (κ1) is 12.9. The average molecular weight is 267 g/mol. The van der Waals surface area contributed by atoms with Gasteiger partial charge in [0, 0.05) is 6.54 Å². The molecule has 5 nitrogen and oxygen atoms in total. The summed E-state index contributed by atoms with van der Waals surface area (Å²) in [5, 5.41) is 3.90. The van der Waals surface area contributed by atoms with E-state index in [1.807, 2.05) is 0 Å². The molecule has 18 heavy (non-hydrogen) atoms. The van der Waals surface area contributed by atoms with Gasteiger partial charge in [0.2, 0.25) is 0 Å². The lowest BCUT2D eigenvalue weighted by atomic mass is 10.2. The van der Waals surface area contributed by atoms with Crippen LogP contribution in [-0.4, -0.2) is 24.0 Å². The van der Waals surface area contributed by atoms with Crippen molar-refractivity contribution in [3.8, 4) is 0 Å². The van der Waals surface area contributed by atoms with Gasteiger partial charge in [-0.3, -0.25) is 0 Å². The summed E-state index contributed by atoms with van der Waals surface area (Å²) in [6.45, 7) is 0.789. The monoisotopic (exact) mass is 267 g/mol. The van der Waals surface area contributed by atoms with Gasteiger partial charge in [0.15, 0.2) is 5.82 Å². The molecule has 98 valence electrons. The molecule has 0 saturated heterocycles. The fourth-order valence-electron chi connectivity index (χ4n) is 2.02. The zero-order valence-corrected chi connectivity index (χ0v) is 11.2. The van der Waals surface area contributed by atoms with E-state index in [2.05, 4.69) is 15.8 Å². The first-order valence-electron chi connectivity index (χ1n) is 5.97. The van der Waals surface area contributed by atoms with Crippen LogP contribution in [0.4, 0.5) is 10.8 Å². The SMILES string of the molecule is COC(=O)c1c(N)nsc1NCCC1=CCCC1. The summed E-state index contributed by atoms with van der Waals surface area (Å²) in [5.41, 5.74) is 7.49. The summed E-state index contributed by atoms with van der Waals surface area (Å²) < 4.78 is 8.67. The molecule has 0 saturated carbocycles. The lowest BCUT2D eigenvalue weighted by Crippen LogP contribution is -2.09. The standard InChI is InChI=1S/C12H17N3O2S/c1-17-12(16)9-10(13)15-18-11(9)14-7-6-8-4-2-3-5-8/h4,14H,2-3,5-7H2,1H3,(H2,13,15). The number of methoxy groups -OCH3 is 1. The zero-order chi connectivity index (χ0) is 13.0. The number of nitrogens with zero attached hydrogens (tertiary/aromatic N) is 1. The van der Waals surface area contributed by atoms with Gasteiger partial charge in [0.1, 0.15) is 10.6 Å². The third-order valence-electron chi connectivity index (χ3n) is 2.97. The van der Waals surface area contributed by atoms with Crippen molar-refractivity contribution >= 4 is 28.3 Å². The van der Waals surface area contributed by atoms with Crippen LogP contribution in [0.25, 0.3) is 0 Å². The lowest BCUT2D eigenvalue weighted by Gasteiger charge is -2.06. The molecule has 0 aliphatic heterocycles. The van der Waals surface area contributed by atoms with Crippen molar-refractivity contribution in [2.24, 2.45) is 0 Å². The molecule has 0 unspecified atom stereocenters. The number of allylic oxidation sites excluding steroid dienone is 1. The van der Waals surface area contributed by atoms with Crippen LogP contribution in [0.1, 0.15) is 36.0 Å². The van der Waals surface area contributed by atoms with E-state index in [9.17, 15) is 4.79 Å². The van der Waals surface area contributed by atoms with Gasteiger partial charge < -0.3 is 15.8 Å². The number of anilines is 2. The number of carbonyl (C=O) groups excluding carboxylic acids is 1. The van der Waals surface area contributed by atoms with E-state index >= 15 is 0 Å². The molecule has 1 aromatic rings. The Morgan fingerprint density at radius 1 is 1.67 bits per heavy atom. The smallest absolute Gasteiger partial charge is 0.344 e. The highest BCUT2D eigenvalue weighted by atomic mass is 32.1. The Kier molecular flexibility index (Phi) is 4.19. The molecule has 1 aromatic heterocycles. The van der Waals surface area contributed by atoms with E-state index in [-0.39, 0.29) is 5.82 Å². The van der Waals surface area contributed by atoms with E-state index in [0.717, 1.165) is 13.0 Å². The second kappa shape index (κ2) is 5.86. The van der Waals surface area contributed by atoms with E-state index in [1.54, 1.807) is 0 Å². The summed E-state index contributed by atoms with van der Waals surface area (Å²) in [7, 11) is 1.34. The predicted molar refractivity (Wildman–Crippen MR) is 72.9 cm³/mol. The number of ether oxygens (including phenoxy) is 1. The number of nitrogens with two attached hydrogens (primary N) is 1. The highest BCUT2D eigenvalue weighted by molar-refractivity contribution is 7.11. The van der Waals surface area contributed by atoms with Gasteiger partial charge in [0.05, 0.1) is 7.11 Å². The van der Waals surface area contributed by atoms with Gasteiger partial charge in [-0.1, -0.05) is 11.6 Å². The van der Waals surface area contributed by atoms with Gasteiger partial charge in [-0.15, -0.1) is 0 Å². The number of hydrogen-bond acceptors (Lipinski definition) is 6. The molecule has 1 heterocycles. The second-order valence-electron chi connectivity index (χ2n) is 4.19. The molecular formula is C12H17N3O2S. The molecule has 0 spiro atoms. The van der Waals surface area contributed by atoms with Gasteiger partial charge in [-0.05, 0) is 37.2 Å². The summed E-state index contributed by atoms with van der Waals surface area (Å²) in [5.74, 6) is -0.210. The van der Waals surface area contributed by atoms with Crippen LogP contribution in [0.2, 0.25) is 0 Å². The summed E-state index contributed by atoms with van der Waals surface area (Å²) in [6.07, 6.45) is 6.94. The highest BCUT2D eigenvalue weighted by Gasteiger charge is 2.19. The Balaban J connectivity index is 1.94. The fourth-order valence-corrected chi connectivity index (χ4v) is 2.75. The summed E-state index contributed by atoms with van der Waals surface area (Å²) in [4.78, 5) is 11.5. The molecule has 0 amide bonds. The maximum atomic E-state index is 11.5. The molecule has 0 atom stereocenters. The molecule has 0 fully saturated rings. The number of aromatic nitrogens is 1. The van der Waals surface area contributed by atoms with Gasteiger partial charge in [0.25, 0.3) is 0 Å². The van der Waals surface area contributed by atoms with Crippen LogP contribution < -0.4 is 11.1 Å². The van der Waals surface area contributed by atoms with Crippen molar-refractivity contribution in [3.63, 3.8) is 0 Å². The molecule has 1 aliphatic carbocycles. The van der Waals surface area contributed by atoms with Crippen molar-refractivity contribution in [2.45, 2.75) is 25.7 Å². The van der Waals surface area contributed by atoms with Crippen molar-refractivity contribution in [1.29, 1.82) is 0 Å². The summed E-state index contributed by atoms with van der Waals surface area (Å²) in [6, 6.07) is 0. The Bertz CT molecular complexity index is 468. The average Bonchev–Trinajstić information content (AvgIpc) is 2.99. The van der Waals surface area contributed by atoms with Crippen molar-refractivity contribution in [3.05, 3.63) is 17.2 Å². The number of hydrogen-bond donors (Lipinski definition) is 2. The number of nitrogens with one attached hydrogen (secondary N) is 1. The maximum Gasteiger partial charge on any atom is 0.344 e. The van der Waals surface area contributed by atoms with E-state index < -0.39 is 5.97 Å². The Morgan fingerprint density at radius 3 is 3.17 bits per heavy atom. The van der Waals surface area contributed by atoms with Crippen LogP contribution in [0.15, 0.2) is 11.6 Å². The molecule has 1 aliphatic rings. The Morgan fingerprint density at radius 2 is 2.50 bits per heavy atom. The second-order valence-corrected chi connectivity index (χ2v) is 4.97. The van der Waals surface area contributed by atoms with Crippen LogP contribution in [0, 0.1) is 0 Å². The molecule has 0 aromatic carbocycles. The van der Waals surface area contributed by atoms with E-state index in [1.165, 1.54) is 43.5 Å². The van der Waals surface area contributed by atoms with Gasteiger partial charge >= 0.3 is 5.97 Å². The molecular weight excluding hydrogens is 250 g/mol. The number of nitrogen functional groups attached to an aromatic ring is 1. The lowest BCUT2D eigenvalue weighted by molar-refractivity contribution is 0.0603. The van der Waals surface area contributed by atoms with Crippen molar-refractivity contribution in [1.82, 2.24) is 4.37 Å². The Labute approximate surface area is 110 Å². The highest BCUT2D eigenvalue weighted by Crippen LogP contribution is 2.28. The van der Waals surface area contributed by atoms with Crippen LogP contribution in [0.3, 0.4) is 0 Å². The van der Waals surface area contributed by atoms with Crippen LogP contribution in [-0.2, 0) is 4.74 Å². The quantitative estimate of drug-likeness (QED) is 0.633. The number of esters is 1. The maximum absolute atomic E-state index is 11.5. The predicted octanol–water partition coefficient (Wildman–Crippen LogP) is 2.42. The minimum Gasteiger partial charge on any atom is -0.465 e. The molecule has 2 rings (SSSR count). The molecule has 0 radical (unpaired) electrons. The first-order valence-corrected chi connectivity index (χ1v) is 6.75. The Hall–Kier alpha value is -1.56. The van der Waals surface area contributed by atoms with Gasteiger partial charge in [-0.2, -0.15) is 4.37 Å². The van der Waals surface area contributed by atoms with Crippen LogP contribution >= 0.6 is 11.5 Å². The van der Waals surface area contributed by atoms with Crippen molar-refractivity contribution in [2.75, 3.05) is 24.7 Å². The fraction of sp³-hybridized carbons (Fsp3) is 0.500. The molecule has 6 heteroatoms. The topological polar surface area (TPSA) is 77.2 Å². The summed E-state index contributed by atoms with van der Waals surface area (Å²) >= 11 is 1.20. The van der Waals surface area contributed by atoms with Crippen molar-refractivity contribution < 1.29 is 9.53 Å². The number of carbonyl (C=O) groups is 1. The minimum absolute atomic E-state index is 0.231. The largest absolute Gasteiger partial charge is 0.465 e. The zero-order valence-electron chi connectivity index (χ0n) is 10.4. The number of rotatable bonds is 5.